The average Bonchev–Trinajstić information content (AvgIpc) is 3.37. The summed E-state index contributed by atoms with van der Waals surface area (Å²) in [6, 6.07) is 11.1. The topological polar surface area (TPSA) is 58.7 Å². The highest BCUT2D eigenvalue weighted by Gasteiger charge is 2.32. The lowest BCUT2D eigenvalue weighted by Gasteiger charge is -2.15. The van der Waals surface area contributed by atoms with Gasteiger partial charge in [-0.15, -0.1) is 0 Å². The van der Waals surface area contributed by atoms with Gasteiger partial charge < -0.3 is 4.42 Å². The number of fused-ring (bicyclic) bond motifs is 1. The second kappa shape index (κ2) is 7.71. The van der Waals surface area contributed by atoms with Crippen LogP contribution < -0.4 is 5.01 Å². The molecule has 0 saturated carbocycles. The Labute approximate surface area is 170 Å². The highest BCUT2D eigenvalue weighted by molar-refractivity contribution is 7.22. The van der Waals surface area contributed by atoms with E-state index in [1.165, 1.54) is 36.7 Å². The fourth-order valence-corrected chi connectivity index (χ4v) is 3.54. The minimum Gasteiger partial charge on any atom is -0.463 e. The molecule has 152 valence electrons. The Morgan fingerprint density at radius 1 is 1.13 bits per heavy atom. The van der Waals surface area contributed by atoms with Gasteiger partial charge in [0.15, 0.2) is 0 Å². The number of rotatable bonds is 4. The largest absolute Gasteiger partial charge is 0.463 e. The summed E-state index contributed by atoms with van der Waals surface area (Å²) < 4.78 is 58.3. The lowest BCUT2D eigenvalue weighted by molar-refractivity contribution is -0.137. The molecule has 0 aliphatic heterocycles. The van der Waals surface area contributed by atoms with Crippen LogP contribution in [0.5, 0.6) is 0 Å². The van der Waals surface area contributed by atoms with E-state index in [1.807, 2.05) is 0 Å². The van der Waals surface area contributed by atoms with E-state index in [0.29, 0.717) is 16.0 Å². The zero-order valence-corrected chi connectivity index (χ0v) is 15.7. The maximum Gasteiger partial charge on any atom is 0.416 e. The van der Waals surface area contributed by atoms with Gasteiger partial charge in [-0.3, -0.25) is 4.79 Å². The summed E-state index contributed by atoms with van der Waals surface area (Å²) in [4.78, 5) is 17.3. The van der Waals surface area contributed by atoms with Crippen molar-refractivity contribution < 1.29 is 26.8 Å². The first-order chi connectivity index (χ1) is 14.3. The van der Waals surface area contributed by atoms with Gasteiger partial charge >= 0.3 is 6.18 Å². The highest BCUT2D eigenvalue weighted by atomic mass is 32.1. The summed E-state index contributed by atoms with van der Waals surface area (Å²) >= 11 is 0.977. The molecule has 4 rings (SSSR count). The molecule has 0 radical (unpaired) electrons. The third kappa shape index (κ3) is 4.08. The smallest absolute Gasteiger partial charge is 0.416 e. The lowest BCUT2D eigenvalue weighted by atomic mass is 10.1. The van der Waals surface area contributed by atoms with Crippen molar-refractivity contribution in [3.63, 3.8) is 0 Å². The predicted octanol–water partition coefficient (Wildman–Crippen LogP) is 5.73. The summed E-state index contributed by atoms with van der Waals surface area (Å²) in [7, 11) is 0. The Hall–Kier alpha value is -3.53. The van der Waals surface area contributed by atoms with Crippen LogP contribution in [-0.4, -0.2) is 17.1 Å². The Balaban J connectivity index is 1.77. The zero-order valence-electron chi connectivity index (χ0n) is 14.9. The second-order valence-electron chi connectivity index (χ2n) is 6.06. The van der Waals surface area contributed by atoms with Crippen LogP contribution in [0.25, 0.3) is 10.2 Å². The van der Waals surface area contributed by atoms with Crippen LogP contribution in [0.2, 0.25) is 0 Å². The van der Waals surface area contributed by atoms with Gasteiger partial charge in [-0.2, -0.15) is 23.3 Å². The molecule has 0 bridgehead atoms. The molecule has 0 N–H and O–H groups in total. The fraction of sp³-hybridized carbons (Fsp3) is 0.0500. The van der Waals surface area contributed by atoms with Crippen LogP contribution in [-0.2, 0) is 6.18 Å². The van der Waals surface area contributed by atoms with Gasteiger partial charge in [0.05, 0.1) is 28.3 Å². The van der Waals surface area contributed by atoms with Gasteiger partial charge in [0.1, 0.15) is 11.6 Å². The maximum atomic E-state index is 13.5. The molecular formula is C20H11F4N3O2S. The molecule has 4 aromatic rings. The first-order valence-corrected chi connectivity index (χ1v) is 9.28. The molecule has 0 saturated heterocycles. The van der Waals surface area contributed by atoms with Gasteiger partial charge in [-0.25, -0.2) is 9.37 Å². The molecule has 2 heterocycles. The number of halogens is 4. The number of hydrogen-bond acceptors (Lipinski definition) is 5. The number of carbonyl (C=O) groups is 1. The number of hydrogen-bond donors (Lipinski definition) is 0. The molecule has 0 unspecified atom stereocenters. The van der Waals surface area contributed by atoms with Gasteiger partial charge in [0.2, 0.25) is 5.13 Å². The van der Waals surface area contributed by atoms with Crippen molar-refractivity contribution >= 4 is 38.8 Å². The number of nitrogens with zero attached hydrogens (tertiary/aromatic N) is 3. The number of thiazole rings is 1. The monoisotopic (exact) mass is 433 g/mol. The third-order valence-electron chi connectivity index (χ3n) is 3.99. The molecule has 0 aliphatic carbocycles. The summed E-state index contributed by atoms with van der Waals surface area (Å²) in [5, 5.41) is 4.99. The van der Waals surface area contributed by atoms with Crippen molar-refractivity contribution in [2.75, 3.05) is 5.01 Å². The predicted molar refractivity (Wildman–Crippen MR) is 104 cm³/mol. The van der Waals surface area contributed by atoms with E-state index in [4.69, 9.17) is 4.42 Å². The van der Waals surface area contributed by atoms with Gasteiger partial charge in [-0.1, -0.05) is 17.4 Å². The number of hydrazone groups is 1. The van der Waals surface area contributed by atoms with E-state index in [0.717, 1.165) is 34.5 Å². The first kappa shape index (κ1) is 19.8. The summed E-state index contributed by atoms with van der Waals surface area (Å²) in [6.45, 7) is 0. The van der Waals surface area contributed by atoms with Gasteiger partial charge in [0, 0.05) is 5.56 Å². The van der Waals surface area contributed by atoms with E-state index in [1.54, 1.807) is 12.1 Å². The van der Waals surface area contributed by atoms with Crippen molar-refractivity contribution in [2.45, 2.75) is 6.18 Å². The molecule has 2 aromatic heterocycles. The molecule has 0 fully saturated rings. The number of furan rings is 1. The van der Waals surface area contributed by atoms with Crippen LogP contribution in [0.1, 0.15) is 21.7 Å². The van der Waals surface area contributed by atoms with Crippen molar-refractivity contribution in [1.82, 2.24) is 4.98 Å². The van der Waals surface area contributed by atoms with E-state index in [2.05, 4.69) is 10.1 Å². The molecule has 5 nitrogen and oxygen atoms in total. The van der Waals surface area contributed by atoms with Crippen molar-refractivity contribution in [2.24, 2.45) is 5.10 Å². The second-order valence-corrected chi connectivity index (χ2v) is 7.07. The number of carbonyl (C=O) groups excluding carboxylic acids is 1. The van der Waals surface area contributed by atoms with Crippen molar-refractivity contribution in [1.29, 1.82) is 0 Å². The molecule has 0 atom stereocenters. The fourth-order valence-electron chi connectivity index (χ4n) is 2.60. The van der Waals surface area contributed by atoms with E-state index in [9.17, 15) is 22.4 Å². The summed E-state index contributed by atoms with van der Waals surface area (Å²) in [5.41, 5.74) is -0.770. The molecule has 2 aromatic carbocycles. The minimum absolute atomic E-state index is 0.0702. The van der Waals surface area contributed by atoms with E-state index in [-0.39, 0.29) is 10.7 Å². The quantitative estimate of drug-likeness (QED) is 0.235. The minimum atomic E-state index is -4.61. The molecule has 1 amide bonds. The average molecular weight is 433 g/mol. The van der Waals surface area contributed by atoms with Gasteiger partial charge in [-0.05, 0) is 48.5 Å². The maximum absolute atomic E-state index is 13.5. The summed E-state index contributed by atoms with van der Waals surface area (Å²) in [6.07, 6.45) is -1.97. The standard InChI is InChI=1S/C20H11F4N3O2S/c21-14-6-7-16-17(10-14)30-19(26-16)27(25-11-15-5-2-8-29-15)18(28)12-3-1-4-13(9-12)20(22,23)24/h1-11H/b25-11+. The molecule has 30 heavy (non-hydrogen) atoms. The normalized spacial score (nSPS) is 12.0. The molecular weight excluding hydrogens is 422 g/mol. The number of anilines is 1. The van der Waals surface area contributed by atoms with Crippen LogP contribution in [0.15, 0.2) is 70.4 Å². The molecule has 0 aliphatic rings. The number of benzene rings is 2. The molecule has 0 spiro atoms. The van der Waals surface area contributed by atoms with Crippen molar-refractivity contribution in [3.05, 3.63) is 83.6 Å². The highest BCUT2D eigenvalue weighted by Crippen LogP contribution is 2.32. The summed E-state index contributed by atoms with van der Waals surface area (Å²) in [5.74, 6) is -0.986. The Morgan fingerprint density at radius 3 is 2.70 bits per heavy atom. The zero-order chi connectivity index (χ0) is 21.3. The SMILES string of the molecule is O=C(c1cccc(C(F)(F)F)c1)N(/N=C/c1ccco1)c1nc2ccc(F)cc2s1. The molecule has 10 heteroatoms. The van der Waals surface area contributed by atoms with E-state index < -0.39 is 23.5 Å². The van der Waals surface area contributed by atoms with Crippen LogP contribution in [0.4, 0.5) is 22.7 Å². The number of amides is 1. The van der Waals surface area contributed by atoms with E-state index >= 15 is 0 Å². The van der Waals surface area contributed by atoms with Crippen LogP contribution in [0, 0.1) is 5.82 Å². The third-order valence-corrected chi connectivity index (χ3v) is 4.99. The first-order valence-electron chi connectivity index (χ1n) is 8.46. The number of alkyl halides is 3. The van der Waals surface area contributed by atoms with Gasteiger partial charge in [0.25, 0.3) is 5.91 Å². The van der Waals surface area contributed by atoms with Crippen LogP contribution >= 0.6 is 11.3 Å². The van der Waals surface area contributed by atoms with Crippen LogP contribution in [0.3, 0.4) is 0 Å². The number of aromatic nitrogens is 1. The Morgan fingerprint density at radius 2 is 1.97 bits per heavy atom. The Bertz CT molecular complexity index is 1230. The lowest BCUT2D eigenvalue weighted by Crippen LogP contribution is -2.26. The Kier molecular flexibility index (Phi) is 5.08. The van der Waals surface area contributed by atoms with Crippen molar-refractivity contribution in [3.8, 4) is 0 Å².